The van der Waals surface area contributed by atoms with Gasteiger partial charge >= 0.3 is 17.9 Å². The Morgan fingerprint density at radius 2 is 0.658 bits per heavy atom. The number of aromatic nitrogens is 3. The summed E-state index contributed by atoms with van der Waals surface area (Å²) >= 11 is 25.2. The largest absolute Gasteiger partial charge is 0.478 e. The lowest BCUT2D eigenvalue weighted by Crippen LogP contribution is -2.61. The maximum absolute atomic E-state index is 13.3. The van der Waals surface area contributed by atoms with Gasteiger partial charge in [-0.25, -0.2) is 29.3 Å². The summed E-state index contributed by atoms with van der Waals surface area (Å²) in [6, 6.07) is 23.1. The highest BCUT2D eigenvalue weighted by atomic mass is 35.5. The summed E-state index contributed by atoms with van der Waals surface area (Å²) in [5.41, 5.74) is 20.7. The molecular formula is C81H81Cl3N12O18S6. The average Bonchev–Trinajstić information content (AvgIpc) is 1.07. The van der Waals surface area contributed by atoms with E-state index in [1.165, 1.54) is 128 Å². The Morgan fingerprint density at radius 1 is 0.425 bits per heavy atom. The summed E-state index contributed by atoms with van der Waals surface area (Å²) < 4.78 is 0. The van der Waals surface area contributed by atoms with Gasteiger partial charge in [-0.15, -0.1) is 104 Å². The normalized spacial score (nSPS) is 19.4. The number of rotatable bonds is 33. The zero-order valence-electron chi connectivity index (χ0n) is 65.8. The first-order valence-corrected chi connectivity index (χ1v) is 43.9. The molecule has 6 aliphatic rings. The van der Waals surface area contributed by atoms with Crippen molar-refractivity contribution in [1.82, 2.24) is 29.7 Å². The van der Waals surface area contributed by atoms with Crippen LogP contribution in [-0.4, -0.2) is 183 Å². The molecule has 6 aliphatic heterocycles. The van der Waals surface area contributed by atoms with E-state index in [9.17, 15) is 72.9 Å². The van der Waals surface area contributed by atoms with E-state index in [-0.39, 0.29) is 104 Å². The number of carboxylic acid groups (broad SMARTS) is 3. The van der Waals surface area contributed by atoms with Crippen LogP contribution in [0.1, 0.15) is 132 Å². The first-order chi connectivity index (χ1) is 56.8. The summed E-state index contributed by atoms with van der Waals surface area (Å²) in [6.07, 6.45) is 10.5. The predicted octanol–water partition coefficient (Wildman–Crippen LogP) is 12.3. The van der Waals surface area contributed by atoms with Crippen LogP contribution < -0.4 is 17.2 Å². The minimum absolute atomic E-state index is 0.129. The van der Waals surface area contributed by atoms with Crippen molar-refractivity contribution in [2.45, 2.75) is 132 Å². The lowest BCUT2D eigenvalue weighted by atomic mass is 9.88. The number of benzene rings is 3. The van der Waals surface area contributed by atoms with E-state index >= 15 is 0 Å². The van der Waals surface area contributed by atoms with E-state index < -0.39 is 85.9 Å². The van der Waals surface area contributed by atoms with Gasteiger partial charge in [0, 0.05) is 91.1 Å². The van der Waals surface area contributed by atoms with Crippen LogP contribution in [0.4, 0.5) is 15.4 Å². The number of halogens is 3. The molecule has 3 aromatic heterocycles. The first kappa shape index (κ1) is 91.9. The van der Waals surface area contributed by atoms with Crippen molar-refractivity contribution in [1.29, 1.82) is 0 Å². The van der Waals surface area contributed by atoms with Crippen LogP contribution in [0.3, 0.4) is 0 Å². The van der Waals surface area contributed by atoms with E-state index in [2.05, 4.69) is 30.4 Å². The first-order valence-electron chi connectivity index (χ1n) is 36.6. The third-order valence-corrected chi connectivity index (χ3v) is 26.1. The molecule has 9 N–H and O–H groups in total. The van der Waals surface area contributed by atoms with Crippen LogP contribution in [0, 0.1) is 17.8 Å². The van der Waals surface area contributed by atoms with Gasteiger partial charge in [0.25, 0.3) is 0 Å². The Hall–Kier alpha value is -10.4. The van der Waals surface area contributed by atoms with E-state index in [1.54, 1.807) is 0 Å². The zero-order chi connectivity index (χ0) is 87.6. The van der Waals surface area contributed by atoms with Gasteiger partial charge in [-0.1, -0.05) is 125 Å². The van der Waals surface area contributed by atoms with Crippen LogP contribution in [0.5, 0.6) is 0 Å². The number of thiazole rings is 3. The number of nitrogen functional groups attached to an aromatic ring is 3. The Bertz CT molecular complexity index is 4860. The molecule has 39 heteroatoms. The fourth-order valence-electron chi connectivity index (χ4n) is 12.3. The Labute approximate surface area is 728 Å². The smallest absolute Gasteiger partial charge is 0.350 e. The van der Waals surface area contributed by atoms with Gasteiger partial charge in [-0.05, 0) is 91.6 Å². The number of β-lactam (4-membered cyclic amide) rings is 3. The summed E-state index contributed by atoms with van der Waals surface area (Å²) in [5.74, 6) is -6.68. The molecule has 0 radical (unpaired) electrons. The Balaban J connectivity index is 0.000000189. The Morgan fingerprint density at radius 3 is 0.850 bits per heavy atom. The number of hydrogen-bond acceptors (Lipinski definition) is 30. The third kappa shape index (κ3) is 21.5. The number of nitrogens with zero attached hydrogens (tertiary/aromatic N) is 9. The topological polar surface area (TPSA) is 457 Å². The molecule has 0 aliphatic carbocycles. The molecule has 0 spiro atoms. The number of ketones is 6. The molecule has 12 rings (SSSR count). The standard InChI is InChI=1S/3C27H27ClN4O6S2/c3*1-14(33)22-17(9-8-15-4-6-16(11-28)7-5-15)12-39-24-18(23(35)32(22)24)10-20(34)21(19-13-40-26(29)30-19)31-38-27(2,3)25(36)37/h3*4-9,13,18,24H,10-12H2,1-3H3,(H2,29,30)(H,36,37)/b9-8?,31-21-;9-8+,31-21-;9-8-,31-21-/t3*18-,24-/m111/s1. The molecule has 630 valence electrons. The number of anilines is 3. The summed E-state index contributed by atoms with van der Waals surface area (Å²) in [7, 11) is 0. The van der Waals surface area contributed by atoms with Crippen LogP contribution in [0.15, 0.2) is 156 Å². The SMILES string of the molecule is CC(=O)C1=C(/C=C/c2ccc(CCl)cc2)CS[C@@H]2[C@H](CC(=O)/C(=N\OC(C)(C)C(=O)O)c3csc(N)n3)C(=O)N12.CC(=O)C1=C(/C=C\c2ccc(CCl)cc2)CS[C@@H]2[C@H](CC(=O)/C(=N\OC(C)(C)C(=O)O)c3csc(N)n3)C(=O)N12.CC(=O)C1=C(C=Cc2ccc(CCl)cc2)CS[C@@H]2[C@H](CC(=O)/C(=N\OC(C)(C)C(=O)O)c3csc(N)n3)C(=O)N12. The predicted molar refractivity (Wildman–Crippen MR) is 464 cm³/mol. The van der Waals surface area contributed by atoms with Crippen molar-refractivity contribution in [2.75, 3.05) is 34.5 Å². The van der Waals surface area contributed by atoms with Gasteiger partial charge in [0.15, 0.2) is 67.2 Å². The summed E-state index contributed by atoms with van der Waals surface area (Å²) in [6.45, 7) is 12.0. The van der Waals surface area contributed by atoms with Crippen LogP contribution in [0.25, 0.3) is 18.2 Å². The van der Waals surface area contributed by atoms with E-state index in [1.807, 2.05) is 109 Å². The minimum atomic E-state index is -1.70. The maximum atomic E-state index is 13.3. The molecule has 3 saturated heterocycles. The second-order valence-corrected chi connectivity index (χ2v) is 35.9. The highest BCUT2D eigenvalue weighted by molar-refractivity contribution is 8.00. The molecule has 6 aromatic rings. The molecule has 3 aromatic carbocycles. The number of carbonyl (C=O) groups is 12. The zero-order valence-corrected chi connectivity index (χ0v) is 72.9. The van der Waals surface area contributed by atoms with Crippen molar-refractivity contribution in [3.8, 4) is 0 Å². The number of amides is 3. The van der Waals surface area contributed by atoms with Crippen LogP contribution in [-0.2, 0) is 89.7 Å². The molecule has 30 nitrogen and oxygen atoms in total. The number of hydrogen-bond donors (Lipinski definition) is 6. The molecule has 3 amide bonds. The quantitative estimate of drug-likeness (QED) is 0.00964. The fourth-order valence-corrected chi connectivity index (χ4v) is 18.7. The molecule has 120 heavy (non-hydrogen) atoms. The second-order valence-electron chi connectivity index (χ2n) is 29.1. The van der Waals surface area contributed by atoms with Crippen LogP contribution in [0.2, 0.25) is 0 Å². The lowest BCUT2D eigenvalue weighted by molar-refractivity contribution is -0.161. The summed E-state index contributed by atoms with van der Waals surface area (Å²) in [5, 5.41) is 43.3. The molecule has 6 atom stereocenters. The number of carbonyl (C=O) groups excluding carboxylic acids is 9. The molecule has 3 fully saturated rings. The monoisotopic (exact) mass is 1810 g/mol. The molecule has 0 unspecified atom stereocenters. The van der Waals surface area contributed by atoms with Crippen molar-refractivity contribution in [2.24, 2.45) is 33.2 Å². The van der Waals surface area contributed by atoms with Crippen molar-refractivity contribution in [3.63, 3.8) is 0 Å². The summed E-state index contributed by atoms with van der Waals surface area (Å²) in [4.78, 5) is 184. The van der Waals surface area contributed by atoms with Gasteiger partial charge in [0.1, 0.15) is 17.1 Å². The number of Topliss-reactive ketones (excluding diaryl/α,β-unsaturated/α-hetero) is 6. The number of alkyl halides is 3. The van der Waals surface area contributed by atoms with Crippen molar-refractivity contribution < 1.29 is 87.4 Å². The van der Waals surface area contributed by atoms with Gasteiger partial charge in [-0.2, -0.15) is 0 Å². The lowest BCUT2D eigenvalue weighted by Gasteiger charge is -2.49. The third-order valence-electron chi connectivity index (χ3n) is 19.1. The van der Waals surface area contributed by atoms with Gasteiger partial charge in [-0.3, -0.25) is 57.9 Å². The number of aliphatic carboxylic acids is 3. The minimum Gasteiger partial charge on any atom is -0.478 e. The number of thioether (sulfide) groups is 3. The average molecular weight is 1810 g/mol. The number of oxime groups is 3. The fraction of sp³-hybridized carbons (Fsp3) is 0.333. The molecule has 0 saturated carbocycles. The Kier molecular flexibility index (Phi) is 30.2. The second kappa shape index (κ2) is 39.4. The van der Waals surface area contributed by atoms with E-state index in [0.717, 1.165) is 84.1 Å². The van der Waals surface area contributed by atoms with Crippen molar-refractivity contribution in [3.05, 3.63) is 191 Å². The van der Waals surface area contributed by atoms with Crippen LogP contribution >= 0.6 is 104 Å². The number of carboxylic acids is 3. The van der Waals surface area contributed by atoms with E-state index in [0.29, 0.717) is 52.0 Å². The number of nitrogens with two attached hydrogens (primary N) is 3. The van der Waals surface area contributed by atoms with Gasteiger partial charge in [0.05, 0.1) is 51.0 Å². The highest BCUT2D eigenvalue weighted by Crippen LogP contribution is 2.49. The number of allylic oxidation sites excluding steroid dienone is 6. The van der Waals surface area contributed by atoms with Gasteiger partial charge < -0.3 is 47.0 Å². The van der Waals surface area contributed by atoms with E-state index in [4.69, 9.17) is 66.5 Å². The number of fused-ring (bicyclic) bond motifs is 3. The van der Waals surface area contributed by atoms with Crippen molar-refractivity contribution >= 4 is 225 Å². The highest BCUT2D eigenvalue weighted by Gasteiger charge is 2.56. The molecule has 9 heterocycles. The molecule has 0 bridgehead atoms. The molecular weight excluding hydrogens is 1730 g/mol. The van der Waals surface area contributed by atoms with Gasteiger partial charge in [0.2, 0.25) is 34.5 Å². The maximum Gasteiger partial charge on any atom is 0.350 e.